The number of hydrogen-bond donors (Lipinski definition) is 1. The molecule has 0 saturated heterocycles. The molecule has 1 saturated carbocycles. The Morgan fingerprint density at radius 3 is 2.68 bits per heavy atom. The van der Waals surface area contributed by atoms with Crippen LogP contribution in [0, 0.1) is 0 Å². The zero-order valence-corrected chi connectivity index (χ0v) is 14.6. The molecule has 1 aliphatic carbocycles. The van der Waals surface area contributed by atoms with Crippen LogP contribution in [0.4, 0.5) is 8.78 Å². The number of halogens is 3. The maximum atomic E-state index is 12.5. The highest BCUT2D eigenvalue weighted by molar-refractivity contribution is 5.85. The highest BCUT2D eigenvalue weighted by Crippen LogP contribution is 2.35. The Kier molecular flexibility index (Phi) is 6.13. The van der Waals surface area contributed by atoms with Gasteiger partial charge in [-0.05, 0) is 31.4 Å². The standard InChI is InChI=1S/C17H19F2N3O2.ClH/c1-11(12-6-2-3-7-13(12)23-16(18)19)10-14-21-15(22-24-14)17(20)8-4-5-9-17;/h2-3,6-7,10,16H,4-5,8-9,20H2,1H3;1H/b11-10-;. The maximum absolute atomic E-state index is 12.5. The molecule has 1 aromatic carbocycles. The summed E-state index contributed by atoms with van der Waals surface area (Å²) in [7, 11) is 0. The van der Waals surface area contributed by atoms with E-state index in [4.69, 9.17) is 10.3 Å². The van der Waals surface area contributed by atoms with E-state index in [1.54, 1.807) is 31.2 Å². The lowest BCUT2D eigenvalue weighted by molar-refractivity contribution is -0.0500. The smallest absolute Gasteiger partial charge is 0.387 e. The van der Waals surface area contributed by atoms with Gasteiger partial charge in [0.15, 0.2) is 5.82 Å². The first-order chi connectivity index (χ1) is 11.5. The van der Waals surface area contributed by atoms with E-state index in [9.17, 15) is 8.78 Å². The average molecular weight is 372 g/mol. The van der Waals surface area contributed by atoms with Crippen LogP contribution in [0.25, 0.3) is 11.6 Å². The van der Waals surface area contributed by atoms with Gasteiger partial charge in [0.2, 0.25) is 0 Å². The Labute approximate surface area is 150 Å². The van der Waals surface area contributed by atoms with Crippen LogP contribution in [0.2, 0.25) is 0 Å². The van der Waals surface area contributed by atoms with Crippen molar-refractivity contribution in [2.75, 3.05) is 0 Å². The molecule has 25 heavy (non-hydrogen) atoms. The molecule has 0 bridgehead atoms. The molecule has 5 nitrogen and oxygen atoms in total. The molecule has 3 rings (SSSR count). The summed E-state index contributed by atoms with van der Waals surface area (Å²) in [6.45, 7) is -1.11. The number of aromatic nitrogens is 2. The van der Waals surface area contributed by atoms with Gasteiger partial charge in [-0.2, -0.15) is 13.8 Å². The number of alkyl halides is 2. The number of para-hydroxylation sites is 1. The summed E-state index contributed by atoms with van der Waals surface area (Å²) in [6.07, 6.45) is 5.41. The first-order valence-corrected chi connectivity index (χ1v) is 7.83. The molecule has 136 valence electrons. The Morgan fingerprint density at radius 2 is 2.00 bits per heavy atom. The number of nitrogens with zero attached hydrogens (tertiary/aromatic N) is 2. The minimum atomic E-state index is -2.88. The zero-order valence-electron chi connectivity index (χ0n) is 13.7. The van der Waals surface area contributed by atoms with Crippen LogP contribution in [0.3, 0.4) is 0 Å². The minimum absolute atomic E-state index is 0. The first kappa shape index (κ1) is 19.3. The van der Waals surface area contributed by atoms with E-state index < -0.39 is 12.2 Å². The van der Waals surface area contributed by atoms with Gasteiger partial charge >= 0.3 is 6.61 Å². The zero-order chi connectivity index (χ0) is 17.2. The summed E-state index contributed by atoms with van der Waals surface area (Å²) in [5.74, 6) is 0.898. The third kappa shape index (κ3) is 4.35. The second-order valence-corrected chi connectivity index (χ2v) is 6.02. The second-order valence-electron chi connectivity index (χ2n) is 6.02. The predicted molar refractivity (Wildman–Crippen MR) is 92.5 cm³/mol. The van der Waals surface area contributed by atoms with Crippen LogP contribution in [0.5, 0.6) is 5.75 Å². The molecular weight excluding hydrogens is 352 g/mol. The van der Waals surface area contributed by atoms with Crippen LogP contribution in [0.15, 0.2) is 28.8 Å². The van der Waals surface area contributed by atoms with Crippen molar-refractivity contribution in [3.8, 4) is 5.75 Å². The number of allylic oxidation sites excluding steroid dienone is 1. The average Bonchev–Trinajstić information content (AvgIpc) is 3.17. The second kappa shape index (κ2) is 7.93. The van der Waals surface area contributed by atoms with Gasteiger partial charge in [-0.25, -0.2) is 0 Å². The van der Waals surface area contributed by atoms with Crippen LogP contribution < -0.4 is 10.5 Å². The van der Waals surface area contributed by atoms with Crippen LogP contribution >= 0.6 is 12.4 Å². The van der Waals surface area contributed by atoms with Crippen molar-refractivity contribution in [2.45, 2.75) is 44.8 Å². The Morgan fingerprint density at radius 1 is 1.32 bits per heavy atom. The van der Waals surface area contributed by atoms with E-state index in [0.717, 1.165) is 25.7 Å². The van der Waals surface area contributed by atoms with Crippen LogP contribution in [-0.2, 0) is 5.54 Å². The van der Waals surface area contributed by atoms with Crippen molar-refractivity contribution in [3.05, 3.63) is 41.5 Å². The molecule has 8 heteroatoms. The lowest BCUT2D eigenvalue weighted by Gasteiger charge is -2.17. The van der Waals surface area contributed by atoms with Crippen molar-refractivity contribution in [3.63, 3.8) is 0 Å². The van der Waals surface area contributed by atoms with Gasteiger partial charge < -0.3 is 15.0 Å². The van der Waals surface area contributed by atoms with Gasteiger partial charge in [0.1, 0.15) is 5.75 Å². The van der Waals surface area contributed by atoms with E-state index in [0.29, 0.717) is 22.9 Å². The number of rotatable bonds is 5. The minimum Gasteiger partial charge on any atom is -0.434 e. The van der Waals surface area contributed by atoms with Crippen molar-refractivity contribution < 1.29 is 18.0 Å². The number of benzene rings is 1. The van der Waals surface area contributed by atoms with Gasteiger partial charge in [0, 0.05) is 11.6 Å². The number of nitrogens with two attached hydrogens (primary N) is 1. The highest BCUT2D eigenvalue weighted by atomic mass is 35.5. The maximum Gasteiger partial charge on any atom is 0.387 e. The topological polar surface area (TPSA) is 74.2 Å². The van der Waals surface area contributed by atoms with Crippen molar-refractivity contribution in [2.24, 2.45) is 5.73 Å². The van der Waals surface area contributed by atoms with Gasteiger partial charge in [0.05, 0.1) is 5.54 Å². The third-order valence-corrected chi connectivity index (χ3v) is 4.25. The third-order valence-electron chi connectivity index (χ3n) is 4.25. The number of hydrogen-bond acceptors (Lipinski definition) is 5. The van der Waals surface area contributed by atoms with Crippen LogP contribution in [0.1, 0.15) is 49.9 Å². The largest absolute Gasteiger partial charge is 0.434 e. The summed E-state index contributed by atoms with van der Waals surface area (Å²) in [5, 5.41) is 3.98. The van der Waals surface area contributed by atoms with E-state index in [1.807, 2.05) is 0 Å². The fourth-order valence-electron chi connectivity index (χ4n) is 2.98. The molecule has 2 N–H and O–H groups in total. The summed E-state index contributed by atoms with van der Waals surface area (Å²) in [6, 6.07) is 6.57. The van der Waals surface area contributed by atoms with Crippen LogP contribution in [-0.4, -0.2) is 16.8 Å². The van der Waals surface area contributed by atoms with Gasteiger partial charge in [-0.3, -0.25) is 0 Å². The molecule has 1 aromatic heterocycles. The Hall–Kier alpha value is -1.99. The molecule has 1 fully saturated rings. The van der Waals surface area contributed by atoms with E-state index >= 15 is 0 Å². The van der Waals surface area contributed by atoms with E-state index in [1.165, 1.54) is 6.07 Å². The normalized spacial score (nSPS) is 16.8. The molecule has 1 heterocycles. The molecule has 2 aromatic rings. The summed E-state index contributed by atoms with van der Waals surface area (Å²) >= 11 is 0. The van der Waals surface area contributed by atoms with E-state index in [2.05, 4.69) is 14.9 Å². The lowest BCUT2D eigenvalue weighted by atomic mass is 9.99. The highest BCUT2D eigenvalue weighted by Gasteiger charge is 2.35. The molecule has 0 spiro atoms. The van der Waals surface area contributed by atoms with Crippen molar-refractivity contribution >= 4 is 24.1 Å². The monoisotopic (exact) mass is 371 g/mol. The molecule has 0 aliphatic heterocycles. The molecular formula is C17H20ClF2N3O2. The quantitative estimate of drug-likeness (QED) is 0.844. The predicted octanol–water partition coefficient (Wildman–Crippen LogP) is 4.38. The fraction of sp³-hybridized carbons (Fsp3) is 0.412. The fourth-order valence-corrected chi connectivity index (χ4v) is 2.98. The van der Waals surface area contributed by atoms with Gasteiger partial charge in [-0.1, -0.05) is 36.2 Å². The summed E-state index contributed by atoms with van der Waals surface area (Å²) in [5.41, 5.74) is 7.00. The summed E-state index contributed by atoms with van der Waals surface area (Å²) in [4.78, 5) is 4.35. The van der Waals surface area contributed by atoms with Crippen molar-refractivity contribution in [1.29, 1.82) is 0 Å². The molecule has 0 atom stereocenters. The molecule has 0 radical (unpaired) electrons. The van der Waals surface area contributed by atoms with Gasteiger partial charge in [-0.15, -0.1) is 12.4 Å². The first-order valence-electron chi connectivity index (χ1n) is 7.83. The molecule has 0 amide bonds. The van der Waals surface area contributed by atoms with Crippen molar-refractivity contribution in [1.82, 2.24) is 10.1 Å². The summed E-state index contributed by atoms with van der Waals surface area (Å²) < 4.78 is 34.8. The van der Waals surface area contributed by atoms with E-state index in [-0.39, 0.29) is 18.2 Å². The Balaban J connectivity index is 0.00000225. The molecule has 1 aliphatic rings. The lowest BCUT2D eigenvalue weighted by Crippen LogP contribution is -2.34. The SMILES string of the molecule is C/C(=C/c1nc(C2(N)CCCC2)no1)c1ccccc1OC(F)F.Cl. The Bertz CT molecular complexity index is 743. The number of ether oxygens (including phenoxy) is 1. The van der Waals surface area contributed by atoms with Gasteiger partial charge in [0.25, 0.3) is 5.89 Å². The molecule has 0 unspecified atom stereocenters.